The maximum absolute atomic E-state index is 12.4. The van der Waals surface area contributed by atoms with Crippen LogP contribution in [-0.4, -0.2) is 61.9 Å². The van der Waals surface area contributed by atoms with Crippen molar-refractivity contribution in [1.82, 2.24) is 10.2 Å². The minimum Gasteiger partial charge on any atom is -0.378 e. The molecule has 106 valence electrons. The third-order valence-corrected chi connectivity index (χ3v) is 5.22. The van der Waals surface area contributed by atoms with Crippen LogP contribution < -0.4 is 5.32 Å². The minimum absolute atomic E-state index is 0.203. The molecular weight excluding hydrogens is 244 g/mol. The van der Waals surface area contributed by atoms with E-state index in [4.69, 9.17) is 9.47 Å². The summed E-state index contributed by atoms with van der Waals surface area (Å²) in [7, 11) is 0. The van der Waals surface area contributed by atoms with Crippen LogP contribution in [0.1, 0.15) is 19.3 Å². The van der Waals surface area contributed by atoms with Gasteiger partial charge in [0.2, 0.25) is 5.91 Å². The Hall–Kier alpha value is -0.650. The first-order valence-electron chi connectivity index (χ1n) is 7.55. The average molecular weight is 266 g/mol. The fraction of sp³-hybridized carbons (Fsp3) is 0.929. The number of morpholine rings is 1. The van der Waals surface area contributed by atoms with Gasteiger partial charge in [0.15, 0.2) is 0 Å². The summed E-state index contributed by atoms with van der Waals surface area (Å²) < 4.78 is 11.4. The summed E-state index contributed by atoms with van der Waals surface area (Å²) in [4.78, 5) is 14.4. The summed E-state index contributed by atoms with van der Waals surface area (Å²) in [5.41, 5.74) is 0. The summed E-state index contributed by atoms with van der Waals surface area (Å²) in [6.45, 7) is 4.12. The summed E-state index contributed by atoms with van der Waals surface area (Å²) in [5, 5.41) is 3.36. The zero-order chi connectivity index (χ0) is 12.8. The van der Waals surface area contributed by atoms with Gasteiger partial charge >= 0.3 is 0 Å². The van der Waals surface area contributed by atoms with Crippen molar-refractivity contribution in [3.05, 3.63) is 0 Å². The summed E-state index contributed by atoms with van der Waals surface area (Å²) in [6, 6.07) is 0.203. The van der Waals surface area contributed by atoms with Crippen molar-refractivity contribution in [2.24, 2.45) is 11.8 Å². The molecule has 4 saturated heterocycles. The van der Waals surface area contributed by atoms with Crippen LogP contribution in [0.15, 0.2) is 0 Å². The van der Waals surface area contributed by atoms with Gasteiger partial charge < -0.3 is 19.7 Å². The first-order valence-corrected chi connectivity index (χ1v) is 7.55. The van der Waals surface area contributed by atoms with Crippen LogP contribution >= 0.6 is 0 Å². The number of carbonyl (C=O) groups is 1. The van der Waals surface area contributed by atoms with E-state index in [1.165, 1.54) is 12.8 Å². The molecule has 0 radical (unpaired) electrons. The molecule has 1 N–H and O–H groups in total. The molecule has 0 saturated carbocycles. The number of hydrogen-bond acceptors (Lipinski definition) is 4. The van der Waals surface area contributed by atoms with Gasteiger partial charge in [-0.3, -0.25) is 4.79 Å². The smallest absolute Gasteiger partial charge is 0.224 e. The van der Waals surface area contributed by atoms with E-state index in [0.29, 0.717) is 37.1 Å². The maximum Gasteiger partial charge on any atom is 0.224 e. The maximum atomic E-state index is 12.4. The van der Waals surface area contributed by atoms with Gasteiger partial charge in [0.1, 0.15) is 0 Å². The molecule has 0 aromatic carbocycles. The monoisotopic (exact) mass is 266 g/mol. The zero-order valence-corrected chi connectivity index (χ0v) is 11.2. The molecule has 2 bridgehead atoms. The Labute approximate surface area is 113 Å². The molecular formula is C14H22N2O3. The van der Waals surface area contributed by atoms with E-state index in [9.17, 15) is 4.79 Å². The van der Waals surface area contributed by atoms with Crippen LogP contribution in [-0.2, 0) is 14.3 Å². The minimum atomic E-state index is 0.203. The fourth-order valence-corrected chi connectivity index (χ4v) is 4.25. The number of nitrogens with one attached hydrogen (secondary N) is 1. The van der Waals surface area contributed by atoms with Gasteiger partial charge in [0.05, 0.1) is 25.4 Å². The third-order valence-electron chi connectivity index (χ3n) is 5.22. The molecule has 4 rings (SSSR count). The number of rotatable bonds is 2. The lowest BCUT2D eigenvalue weighted by atomic mass is 9.82. The second-order valence-electron chi connectivity index (χ2n) is 6.35. The van der Waals surface area contributed by atoms with Crippen LogP contribution in [0.3, 0.4) is 0 Å². The number of fused-ring (bicyclic) bond motifs is 5. The Bertz CT molecular complexity index is 352. The normalized spacial score (nSPS) is 44.6. The van der Waals surface area contributed by atoms with Crippen molar-refractivity contribution in [2.45, 2.75) is 37.5 Å². The predicted octanol–water partition coefficient (Wildman–Crippen LogP) is 0.000700. The average Bonchev–Trinajstić information content (AvgIpc) is 3.12. The van der Waals surface area contributed by atoms with Crippen molar-refractivity contribution in [2.75, 3.05) is 32.8 Å². The van der Waals surface area contributed by atoms with E-state index in [2.05, 4.69) is 10.2 Å². The molecule has 5 unspecified atom stereocenters. The first kappa shape index (κ1) is 12.1. The molecule has 4 fully saturated rings. The molecule has 4 heterocycles. The molecule has 5 nitrogen and oxygen atoms in total. The van der Waals surface area contributed by atoms with E-state index < -0.39 is 0 Å². The largest absolute Gasteiger partial charge is 0.378 e. The van der Waals surface area contributed by atoms with Crippen LogP contribution in [0.2, 0.25) is 0 Å². The molecule has 0 aliphatic carbocycles. The number of likely N-dealkylation sites (tertiary alicyclic amines) is 1. The molecule has 4 aliphatic rings. The van der Waals surface area contributed by atoms with Crippen molar-refractivity contribution in [1.29, 1.82) is 0 Å². The summed E-state index contributed by atoms with van der Waals surface area (Å²) >= 11 is 0. The number of hydrogen-bond donors (Lipinski definition) is 1. The zero-order valence-electron chi connectivity index (χ0n) is 11.2. The number of nitrogens with zero attached hydrogens (tertiary/aromatic N) is 1. The van der Waals surface area contributed by atoms with E-state index in [0.717, 1.165) is 26.2 Å². The Morgan fingerprint density at radius 3 is 2.58 bits per heavy atom. The lowest BCUT2D eigenvalue weighted by Crippen LogP contribution is -2.45. The van der Waals surface area contributed by atoms with Crippen LogP contribution in [0, 0.1) is 11.8 Å². The summed E-state index contributed by atoms with van der Waals surface area (Å²) in [6.07, 6.45) is 3.85. The second kappa shape index (κ2) is 4.72. The SMILES string of the molecule is O=C(CC1COCCN1)N1CC2C3CCC(O3)C2C1. The highest BCUT2D eigenvalue weighted by molar-refractivity contribution is 5.77. The molecule has 5 atom stereocenters. The van der Waals surface area contributed by atoms with Gasteiger partial charge in [0, 0.05) is 43.9 Å². The second-order valence-corrected chi connectivity index (χ2v) is 6.35. The Balaban J connectivity index is 1.35. The van der Waals surface area contributed by atoms with Gasteiger partial charge in [-0.25, -0.2) is 0 Å². The van der Waals surface area contributed by atoms with Gasteiger partial charge in [0.25, 0.3) is 0 Å². The quantitative estimate of drug-likeness (QED) is 0.764. The van der Waals surface area contributed by atoms with Gasteiger partial charge in [-0.1, -0.05) is 0 Å². The topological polar surface area (TPSA) is 50.8 Å². The van der Waals surface area contributed by atoms with Crippen molar-refractivity contribution < 1.29 is 14.3 Å². The predicted molar refractivity (Wildman–Crippen MR) is 68.7 cm³/mol. The number of carbonyl (C=O) groups excluding carboxylic acids is 1. The highest BCUT2D eigenvalue weighted by Gasteiger charge is 2.53. The first-order chi connectivity index (χ1) is 9.31. The molecule has 0 aromatic heterocycles. The van der Waals surface area contributed by atoms with E-state index in [1.54, 1.807) is 0 Å². The van der Waals surface area contributed by atoms with Gasteiger partial charge in [-0.15, -0.1) is 0 Å². The molecule has 0 aromatic rings. The number of amides is 1. The standard InChI is InChI=1S/C14H22N2O3/c17-14(5-9-8-18-4-3-15-9)16-6-10-11(7-16)13-2-1-12(10)19-13/h9-13,15H,1-8H2. The lowest BCUT2D eigenvalue weighted by Gasteiger charge is -2.26. The summed E-state index contributed by atoms with van der Waals surface area (Å²) in [5.74, 6) is 1.51. The highest BCUT2D eigenvalue weighted by Crippen LogP contribution is 2.47. The molecule has 0 spiro atoms. The van der Waals surface area contributed by atoms with Gasteiger partial charge in [-0.05, 0) is 12.8 Å². The van der Waals surface area contributed by atoms with Crippen molar-refractivity contribution in [3.63, 3.8) is 0 Å². The Kier molecular flexibility index (Phi) is 3.01. The van der Waals surface area contributed by atoms with Crippen molar-refractivity contribution >= 4 is 5.91 Å². The molecule has 19 heavy (non-hydrogen) atoms. The molecule has 5 heteroatoms. The third kappa shape index (κ3) is 2.08. The van der Waals surface area contributed by atoms with Crippen molar-refractivity contribution in [3.8, 4) is 0 Å². The highest BCUT2D eigenvalue weighted by atomic mass is 16.5. The van der Waals surface area contributed by atoms with Crippen LogP contribution in [0.5, 0.6) is 0 Å². The van der Waals surface area contributed by atoms with Crippen LogP contribution in [0.25, 0.3) is 0 Å². The van der Waals surface area contributed by atoms with Crippen LogP contribution in [0.4, 0.5) is 0 Å². The van der Waals surface area contributed by atoms with Gasteiger partial charge in [-0.2, -0.15) is 0 Å². The van der Waals surface area contributed by atoms with E-state index >= 15 is 0 Å². The van der Waals surface area contributed by atoms with E-state index in [-0.39, 0.29) is 11.9 Å². The Morgan fingerprint density at radius 2 is 1.95 bits per heavy atom. The number of ether oxygens (including phenoxy) is 2. The molecule has 1 amide bonds. The van der Waals surface area contributed by atoms with E-state index in [1.807, 2.05) is 0 Å². The Morgan fingerprint density at radius 1 is 1.21 bits per heavy atom. The molecule has 4 aliphatic heterocycles. The lowest BCUT2D eigenvalue weighted by molar-refractivity contribution is -0.132. The fourth-order valence-electron chi connectivity index (χ4n) is 4.25.